The van der Waals surface area contributed by atoms with Crippen LogP contribution in [0.1, 0.15) is 13.8 Å². The summed E-state index contributed by atoms with van der Waals surface area (Å²) in [5.74, 6) is 1.17. The molecule has 0 unspecified atom stereocenters. The molecule has 0 saturated heterocycles. The molecule has 0 aliphatic rings. The first kappa shape index (κ1) is 14.0. The standard InChI is InChI=1S/C15H18N4OS/c1-10(2)13(8-20)18-14-3-5-16-15-12(7-17-19(14)15)11-4-6-21-9-11/h3-7,9-10,13,18,20H,8H2,1-2H3/t13-/m1/s1. The highest BCUT2D eigenvalue weighted by atomic mass is 32.1. The largest absolute Gasteiger partial charge is 0.394 e. The van der Waals surface area contributed by atoms with Gasteiger partial charge in [0.25, 0.3) is 0 Å². The summed E-state index contributed by atoms with van der Waals surface area (Å²) >= 11 is 1.66. The van der Waals surface area contributed by atoms with Crippen LogP contribution in [0.15, 0.2) is 35.3 Å². The normalized spacial score (nSPS) is 13.0. The van der Waals surface area contributed by atoms with Crippen LogP contribution in [0.5, 0.6) is 0 Å². The second-order valence-corrected chi connectivity index (χ2v) is 6.09. The molecule has 0 radical (unpaired) electrons. The summed E-state index contributed by atoms with van der Waals surface area (Å²) in [6.07, 6.45) is 3.60. The Morgan fingerprint density at radius 2 is 2.24 bits per heavy atom. The lowest BCUT2D eigenvalue weighted by Crippen LogP contribution is -2.30. The zero-order valence-electron chi connectivity index (χ0n) is 12.0. The number of thiophene rings is 1. The molecule has 0 fully saturated rings. The minimum Gasteiger partial charge on any atom is -0.394 e. The number of aliphatic hydroxyl groups is 1. The van der Waals surface area contributed by atoms with Gasteiger partial charge < -0.3 is 10.4 Å². The Bertz CT molecular complexity index is 720. The van der Waals surface area contributed by atoms with Crippen LogP contribution in [-0.2, 0) is 0 Å². The highest BCUT2D eigenvalue weighted by Gasteiger charge is 2.15. The number of fused-ring (bicyclic) bond motifs is 1. The number of nitrogens with zero attached hydrogens (tertiary/aromatic N) is 3. The van der Waals surface area contributed by atoms with E-state index in [1.807, 2.05) is 17.6 Å². The predicted octanol–water partition coefficient (Wildman–Crippen LogP) is 2.89. The van der Waals surface area contributed by atoms with Crippen LogP contribution < -0.4 is 5.32 Å². The van der Waals surface area contributed by atoms with Crippen LogP contribution in [0.2, 0.25) is 0 Å². The highest BCUT2D eigenvalue weighted by molar-refractivity contribution is 7.08. The lowest BCUT2D eigenvalue weighted by Gasteiger charge is -2.21. The molecule has 0 amide bonds. The van der Waals surface area contributed by atoms with Crippen LogP contribution in [0.4, 0.5) is 5.82 Å². The van der Waals surface area contributed by atoms with Gasteiger partial charge in [0.1, 0.15) is 5.82 Å². The van der Waals surface area contributed by atoms with E-state index in [1.165, 1.54) is 0 Å². The van der Waals surface area contributed by atoms with Gasteiger partial charge in [-0.2, -0.15) is 21.0 Å². The van der Waals surface area contributed by atoms with Crippen LogP contribution in [0.3, 0.4) is 0 Å². The van der Waals surface area contributed by atoms with E-state index in [4.69, 9.17) is 0 Å². The quantitative estimate of drug-likeness (QED) is 0.761. The Morgan fingerprint density at radius 1 is 1.38 bits per heavy atom. The van der Waals surface area contributed by atoms with Crippen molar-refractivity contribution in [2.75, 3.05) is 11.9 Å². The lowest BCUT2D eigenvalue weighted by molar-refractivity contribution is 0.249. The van der Waals surface area contributed by atoms with Gasteiger partial charge in [-0.05, 0) is 34.4 Å². The van der Waals surface area contributed by atoms with E-state index in [0.717, 1.165) is 22.6 Å². The number of anilines is 1. The SMILES string of the molecule is CC(C)[C@@H](CO)Nc1ccnc2c(-c3ccsc3)cnn12. The van der Waals surface area contributed by atoms with Gasteiger partial charge in [0, 0.05) is 11.8 Å². The van der Waals surface area contributed by atoms with Crippen molar-refractivity contribution >= 4 is 22.8 Å². The summed E-state index contributed by atoms with van der Waals surface area (Å²) in [7, 11) is 0. The molecule has 0 bridgehead atoms. The fraction of sp³-hybridized carbons (Fsp3) is 0.333. The van der Waals surface area contributed by atoms with Crippen LogP contribution >= 0.6 is 11.3 Å². The minimum absolute atomic E-state index is 0.00982. The van der Waals surface area contributed by atoms with Crippen molar-refractivity contribution in [3.63, 3.8) is 0 Å². The van der Waals surface area contributed by atoms with Crippen molar-refractivity contribution in [1.82, 2.24) is 14.6 Å². The van der Waals surface area contributed by atoms with Gasteiger partial charge >= 0.3 is 0 Å². The summed E-state index contributed by atoms with van der Waals surface area (Å²) < 4.78 is 1.79. The van der Waals surface area contributed by atoms with Crippen molar-refractivity contribution in [3.8, 4) is 11.1 Å². The van der Waals surface area contributed by atoms with E-state index in [1.54, 1.807) is 22.0 Å². The Morgan fingerprint density at radius 3 is 2.90 bits per heavy atom. The molecule has 3 aromatic heterocycles. The van der Waals surface area contributed by atoms with Gasteiger partial charge in [0.15, 0.2) is 5.65 Å². The second kappa shape index (κ2) is 5.83. The van der Waals surface area contributed by atoms with Crippen LogP contribution in [0.25, 0.3) is 16.8 Å². The first-order valence-electron chi connectivity index (χ1n) is 6.93. The molecule has 3 aromatic rings. The minimum atomic E-state index is -0.00982. The van der Waals surface area contributed by atoms with Crippen LogP contribution in [0, 0.1) is 5.92 Å². The molecule has 2 N–H and O–H groups in total. The smallest absolute Gasteiger partial charge is 0.165 e. The molecule has 1 atom stereocenters. The van der Waals surface area contributed by atoms with E-state index in [-0.39, 0.29) is 12.6 Å². The Kier molecular flexibility index (Phi) is 3.90. The maximum Gasteiger partial charge on any atom is 0.165 e. The molecule has 0 aliphatic carbocycles. The first-order valence-corrected chi connectivity index (χ1v) is 7.87. The first-order chi connectivity index (χ1) is 10.2. The van der Waals surface area contributed by atoms with Crippen molar-refractivity contribution in [2.24, 2.45) is 5.92 Å². The molecule has 0 aliphatic heterocycles. The molecule has 110 valence electrons. The summed E-state index contributed by atoms with van der Waals surface area (Å²) in [4.78, 5) is 4.44. The molecular formula is C15H18N4OS. The topological polar surface area (TPSA) is 62.5 Å². The van der Waals surface area contributed by atoms with E-state index in [2.05, 4.69) is 40.7 Å². The lowest BCUT2D eigenvalue weighted by atomic mass is 10.1. The van der Waals surface area contributed by atoms with Crippen LogP contribution in [-0.4, -0.2) is 32.4 Å². The third-order valence-electron chi connectivity index (χ3n) is 3.57. The third kappa shape index (κ3) is 2.64. The maximum atomic E-state index is 9.48. The van der Waals surface area contributed by atoms with Crippen molar-refractivity contribution in [1.29, 1.82) is 0 Å². The monoisotopic (exact) mass is 302 g/mol. The average Bonchev–Trinajstić information content (AvgIpc) is 3.12. The molecule has 0 aromatic carbocycles. The van der Waals surface area contributed by atoms with E-state index in [9.17, 15) is 5.11 Å². The molecule has 5 nitrogen and oxygen atoms in total. The molecule has 0 spiro atoms. The van der Waals surface area contributed by atoms with Gasteiger partial charge in [-0.25, -0.2) is 4.98 Å². The third-order valence-corrected chi connectivity index (χ3v) is 4.25. The molecule has 21 heavy (non-hydrogen) atoms. The van der Waals surface area contributed by atoms with E-state index < -0.39 is 0 Å². The second-order valence-electron chi connectivity index (χ2n) is 5.31. The van der Waals surface area contributed by atoms with Crippen molar-refractivity contribution in [2.45, 2.75) is 19.9 Å². The highest BCUT2D eigenvalue weighted by Crippen LogP contribution is 2.27. The molecule has 0 saturated carbocycles. The summed E-state index contributed by atoms with van der Waals surface area (Å²) in [6.45, 7) is 4.23. The molecule has 3 rings (SSSR count). The summed E-state index contributed by atoms with van der Waals surface area (Å²) in [6, 6.07) is 3.93. The molecule has 3 heterocycles. The Hall–Kier alpha value is -1.92. The van der Waals surface area contributed by atoms with E-state index in [0.29, 0.717) is 5.92 Å². The molecular weight excluding hydrogens is 284 g/mol. The summed E-state index contributed by atoms with van der Waals surface area (Å²) in [5, 5.41) is 21.4. The number of nitrogens with one attached hydrogen (secondary N) is 1. The number of hydrogen-bond acceptors (Lipinski definition) is 5. The number of hydrogen-bond donors (Lipinski definition) is 2. The average molecular weight is 302 g/mol. The Labute approximate surface area is 127 Å². The van der Waals surface area contributed by atoms with Gasteiger partial charge in [-0.1, -0.05) is 13.8 Å². The maximum absolute atomic E-state index is 9.48. The van der Waals surface area contributed by atoms with Gasteiger partial charge in [-0.15, -0.1) is 0 Å². The molecule has 6 heteroatoms. The number of aliphatic hydroxyl groups excluding tert-OH is 1. The Balaban J connectivity index is 2.02. The van der Waals surface area contributed by atoms with Gasteiger partial charge in [0.2, 0.25) is 0 Å². The number of aromatic nitrogens is 3. The zero-order valence-corrected chi connectivity index (χ0v) is 12.8. The fourth-order valence-electron chi connectivity index (χ4n) is 2.24. The zero-order chi connectivity index (χ0) is 14.8. The summed E-state index contributed by atoms with van der Waals surface area (Å²) in [5.41, 5.74) is 2.96. The van der Waals surface area contributed by atoms with E-state index >= 15 is 0 Å². The number of rotatable bonds is 5. The predicted molar refractivity (Wildman–Crippen MR) is 85.6 cm³/mol. The van der Waals surface area contributed by atoms with Crippen molar-refractivity contribution < 1.29 is 5.11 Å². The van der Waals surface area contributed by atoms with Gasteiger partial charge in [0.05, 0.1) is 18.8 Å². The fourth-order valence-corrected chi connectivity index (χ4v) is 2.89. The van der Waals surface area contributed by atoms with Gasteiger partial charge in [-0.3, -0.25) is 0 Å². The van der Waals surface area contributed by atoms with Crippen molar-refractivity contribution in [3.05, 3.63) is 35.3 Å².